The van der Waals surface area contributed by atoms with Gasteiger partial charge >= 0.3 is 0 Å². The van der Waals surface area contributed by atoms with E-state index in [0.717, 1.165) is 17.7 Å². The summed E-state index contributed by atoms with van der Waals surface area (Å²) in [7, 11) is 0. The maximum absolute atomic E-state index is 12.7. The summed E-state index contributed by atoms with van der Waals surface area (Å²) in [6.45, 7) is 4.10. The van der Waals surface area contributed by atoms with E-state index in [1.54, 1.807) is 0 Å². The molecule has 0 N–H and O–H groups in total. The number of anilines is 1. The van der Waals surface area contributed by atoms with Crippen molar-refractivity contribution >= 4 is 23.4 Å². The maximum Gasteiger partial charge on any atom is 0.277 e. The number of rotatable bonds is 4. The van der Waals surface area contributed by atoms with Crippen LogP contribution in [0, 0.1) is 6.92 Å². The van der Waals surface area contributed by atoms with Crippen molar-refractivity contribution in [2.24, 2.45) is 0 Å². The van der Waals surface area contributed by atoms with Crippen LogP contribution in [0.2, 0.25) is 0 Å². The summed E-state index contributed by atoms with van der Waals surface area (Å²) in [6, 6.07) is 16.1. The van der Waals surface area contributed by atoms with Gasteiger partial charge in [-0.3, -0.25) is 4.79 Å². The number of carbonyl (C=O) groups is 1. The van der Waals surface area contributed by atoms with E-state index in [1.807, 2.05) is 54.3 Å². The number of benzene rings is 2. The van der Waals surface area contributed by atoms with Crippen molar-refractivity contribution in [3.63, 3.8) is 0 Å². The minimum Gasteiger partial charge on any atom is -0.411 e. The predicted octanol–water partition coefficient (Wildman–Crippen LogP) is 4.11. The zero-order chi connectivity index (χ0) is 18.1. The molecule has 2 aromatic carbocycles. The number of carbonyl (C=O) groups excluding carboxylic acids is 1. The van der Waals surface area contributed by atoms with Crippen LogP contribution in [0.5, 0.6) is 0 Å². The van der Waals surface area contributed by atoms with E-state index in [1.165, 1.54) is 22.9 Å². The van der Waals surface area contributed by atoms with Crippen molar-refractivity contribution in [3.05, 3.63) is 59.7 Å². The molecule has 5 nitrogen and oxygen atoms in total. The molecule has 132 valence electrons. The molecule has 0 spiro atoms. The second kappa shape index (κ2) is 6.96. The number of thioether (sulfide) groups is 1. The average molecular weight is 365 g/mol. The third kappa shape index (κ3) is 3.24. The van der Waals surface area contributed by atoms with E-state index in [-0.39, 0.29) is 17.7 Å². The molecule has 1 amide bonds. The van der Waals surface area contributed by atoms with Crippen LogP contribution in [0.4, 0.5) is 5.69 Å². The van der Waals surface area contributed by atoms with Gasteiger partial charge in [-0.2, -0.15) is 0 Å². The lowest BCUT2D eigenvalue weighted by atomic mass is 10.1. The molecule has 0 saturated carbocycles. The Labute approximate surface area is 156 Å². The Morgan fingerprint density at radius 3 is 2.77 bits per heavy atom. The molecule has 0 aliphatic carbocycles. The van der Waals surface area contributed by atoms with Gasteiger partial charge in [0.25, 0.3) is 5.22 Å². The van der Waals surface area contributed by atoms with E-state index >= 15 is 0 Å². The monoisotopic (exact) mass is 365 g/mol. The SMILES string of the molecule is Cc1ccc(-c2nnc(SCC(=O)N3c4ccccc4CC3C)o2)cc1. The topological polar surface area (TPSA) is 59.2 Å². The molecule has 3 aromatic rings. The summed E-state index contributed by atoms with van der Waals surface area (Å²) in [5.41, 5.74) is 4.28. The highest BCUT2D eigenvalue weighted by Gasteiger charge is 2.30. The Kier molecular flexibility index (Phi) is 4.51. The number of aryl methyl sites for hydroxylation is 1. The highest BCUT2D eigenvalue weighted by molar-refractivity contribution is 7.99. The second-order valence-electron chi connectivity index (χ2n) is 6.47. The van der Waals surface area contributed by atoms with Crippen LogP contribution in [0.1, 0.15) is 18.1 Å². The van der Waals surface area contributed by atoms with Crippen molar-refractivity contribution in [2.75, 3.05) is 10.7 Å². The summed E-state index contributed by atoms with van der Waals surface area (Å²) in [5.74, 6) is 0.802. The van der Waals surface area contributed by atoms with E-state index in [0.29, 0.717) is 11.1 Å². The Hall–Kier alpha value is -2.60. The first-order valence-electron chi connectivity index (χ1n) is 8.55. The molecule has 1 aliphatic rings. The smallest absolute Gasteiger partial charge is 0.277 e. The minimum absolute atomic E-state index is 0.0579. The van der Waals surface area contributed by atoms with Gasteiger partial charge in [0.2, 0.25) is 11.8 Å². The van der Waals surface area contributed by atoms with Crippen LogP contribution >= 0.6 is 11.8 Å². The Balaban J connectivity index is 1.43. The van der Waals surface area contributed by atoms with Gasteiger partial charge in [-0.05, 0) is 44.0 Å². The highest BCUT2D eigenvalue weighted by Crippen LogP contribution is 2.33. The lowest BCUT2D eigenvalue weighted by molar-refractivity contribution is -0.116. The third-order valence-corrected chi connectivity index (χ3v) is 5.30. The van der Waals surface area contributed by atoms with Crippen LogP contribution in [0.25, 0.3) is 11.5 Å². The number of hydrogen-bond acceptors (Lipinski definition) is 5. The van der Waals surface area contributed by atoms with E-state index in [9.17, 15) is 4.79 Å². The van der Waals surface area contributed by atoms with Crippen molar-refractivity contribution in [3.8, 4) is 11.5 Å². The van der Waals surface area contributed by atoms with Gasteiger partial charge in [-0.15, -0.1) is 10.2 Å². The first kappa shape index (κ1) is 16.8. The Morgan fingerprint density at radius 2 is 1.96 bits per heavy atom. The molecule has 0 radical (unpaired) electrons. The van der Waals surface area contributed by atoms with Crippen LogP contribution in [0.3, 0.4) is 0 Å². The molecule has 1 aliphatic heterocycles. The predicted molar refractivity (Wildman–Crippen MR) is 102 cm³/mol. The zero-order valence-electron chi connectivity index (χ0n) is 14.7. The van der Waals surface area contributed by atoms with Gasteiger partial charge in [0.05, 0.1) is 5.75 Å². The van der Waals surface area contributed by atoms with Gasteiger partial charge in [-0.1, -0.05) is 47.7 Å². The number of aromatic nitrogens is 2. The van der Waals surface area contributed by atoms with Crippen molar-refractivity contribution in [1.29, 1.82) is 0 Å². The van der Waals surface area contributed by atoms with Crippen molar-refractivity contribution in [1.82, 2.24) is 10.2 Å². The summed E-state index contributed by atoms with van der Waals surface area (Å²) in [6.07, 6.45) is 0.894. The molecule has 0 saturated heterocycles. The first-order chi connectivity index (χ1) is 12.6. The largest absolute Gasteiger partial charge is 0.411 e. The Bertz CT molecular complexity index is 936. The second-order valence-corrected chi connectivity index (χ2v) is 7.40. The van der Waals surface area contributed by atoms with Gasteiger partial charge in [0.15, 0.2) is 0 Å². The summed E-state index contributed by atoms with van der Waals surface area (Å²) >= 11 is 1.28. The van der Waals surface area contributed by atoms with Crippen LogP contribution in [0.15, 0.2) is 58.2 Å². The molecular formula is C20H19N3O2S. The summed E-state index contributed by atoms with van der Waals surface area (Å²) < 4.78 is 5.69. The molecule has 1 unspecified atom stereocenters. The first-order valence-corrected chi connectivity index (χ1v) is 9.53. The minimum atomic E-state index is 0.0579. The number of hydrogen-bond donors (Lipinski definition) is 0. The van der Waals surface area contributed by atoms with Crippen molar-refractivity contribution in [2.45, 2.75) is 31.5 Å². The van der Waals surface area contributed by atoms with Gasteiger partial charge in [0.1, 0.15) is 0 Å². The van der Waals surface area contributed by atoms with Crippen molar-refractivity contribution < 1.29 is 9.21 Å². The molecule has 4 rings (SSSR count). The lowest BCUT2D eigenvalue weighted by Crippen LogP contribution is -2.36. The normalized spacial score (nSPS) is 15.9. The average Bonchev–Trinajstić information content (AvgIpc) is 3.24. The number of para-hydroxylation sites is 1. The Morgan fingerprint density at radius 1 is 1.19 bits per heavy atom. The number of nitrogens with zero attached hydrogens (tertiary/aromatic N) is 3. The van der Waals surface area contributed by atoms with Crippen LogP contribution in [-0.2, 0) is 11.2 Å². The van der Waals surface area contributed by atoms with E-state index in [2.05, 4.69) is 23.2 Å². The molecule has 0 bridgehead atoms. The highest BCUT2D eigenvalue weighted by atomic mass is 32.2. The molecular weight excluding hydrogens is 346 g/mol. The third-order valence-electron chi connectivity index (χ3n) is 4.50. The fourth-order valence-electron chi connectivity index (χ4n) is 3.22. The fraction of sp³-hybridized carbons (Fsp3) is 0.250. The fourth-order valence-corrected chi connectivity index (χ4v) is 3.84. The molecule has 1 atom stereocenters. The van der Waals surface area contributed by atoms with Gasteiger partial charge < -0.3 is 9.32 Å². The lowest BCUT2D eigenvalue weighted by Gasteiger charge is -2.22. The zero-order valence-corrected chi connectivity index (χ0v) is 15.5. The van der Waals surface area contributed by atoms with Gasteiger partial charge in [0, 0.05) is 17.3 Å². The molecule has 1 aromatic heterocycles. The standard InChI is InChI=1S/C20H19N3O2S/c1-13-7-9-15(10-8-13)19-21-22-20(25-19)26-12-18(24)23-14(2)11-16-5-3-4-6-17(16)23/h3-10,14H,11-12H2,1-2H3. The number of amides is 1. The van der Waals surface area contributed by atoms with Gasteiger partial charge in [-0.25, -0.2) is 0 Å². The summed E-state index contributed by atoms with van der Waals surface area (Å²) in [4.78, 5) is 14.6. The molecule has 6 heteroatoms. The summed E-state index contributed by atoms with van der Waals surface area (Å²) in [5, 5.41) is 8.54. The molecule has 26 heavy (non-hydrogen) atoms. The van der Waals surface area contributed by atoms with E-state index in [4.69, 9.17) is 4.42 Å². The molecule has 0 fully saturated rings. The van der Waals surface area contributed by atoms with E-state index < -0.39 is 0 Å². The van der Waals surface area contributed by atoms with Crippen LogP contribution in [-0.4, -0.2) is 27.9 Å². The maximum atomic E-state index is 12.7. The molecule has 2 heterocycles. The number of fused-ring (bicyclic) bond motifs is 1. The van der Waals surface area contributed by atoms with Crippen LogP contribution < -0.4 is 4.90 Å². The quantitative estimate of drug-likeness (QED) is 0.651.